The first-order valence-electron chi connectivity index (χ1n) is 8.92. The van der Waals surface area contributed by atoms with Crippen molar-refractivity contribution >= 4 is 11.8 Å². The molecular weight excluding hydrogens is 288 g/mol. The highest BCUT2D eigenvalue weighted by Crippen LogP contribution is 2.37. The van der Waals surface area contributed by atoms with E-state index in [1.807, 2.05) is 12.1 Å². The van der Waals surface area contributed by atoms with Crippen molar-refractivity contribution in [2.75, 3.05) is 6.61 Å². The summed E-state index contributed by atoms with van der Waals surface area (Å²) >= 11 is 0. The van der Waals surface area contributed by atoms with Crippen molar-refractivity contribution in [3.05, 3.63) is 35.4 Å². The predicted molar refractivity (Wildman–Crippen MR) is 91.6 cm³/mol. The first kappa shape index (κ1) is 17.7. The maximum Gasteiger partial charge on any atom is 0.313 e. The molecular formula is C20H28O3. The Balaban J connectivity index is 1.90. The van der Waals surface area contributed by atoms with Crippen LogP contribution in [0.15, 0.2) is 24.3 Å². The number of hydrogen-bond acceptors (Lipinski definition) is 3. The van der Waals surface area contributed by atoms with Crippen LogP contribution in [0.5, 0.6) is 0 Å². The van der Waals surface area contributed by atoms with Crippen LogP contribution in [0, 0.1) is 5.92 Å². The highest BCUT2D eigenvalue weighted by atomic mass is 16.5. The maximum atomic E-state index is 12.0. The fraction of sp³-hybridized carbons (Fsp3) is 0.600. The van der Waals surface area contributed by atoms with Crippen LogP contribution in [-0.4, -0.2) is 18.4 Å². The van der Waals surface area contributed by atoms with Crippen LogP contribution in [0.3, 0.4) is 0 Å². The summed E-state index contributed by atoms with van der Waals surface area (Å²) in [5.74, 6) is 0.913. The highest BCUT2D eigenvalue weighted by Gasteiger charge is 2.22. The Morgan fingerprint density at radius 3 is 2.26 bits per heavy atom. The lowest BCUT2D eigenvalue weighted by Crippen LogP contribution is -2.14. The molecule has 2 rings (SSSR count). The minimum absolute atomic E-state index is 0.165. The third-order valence-corrected chi connectivity index (χ3v) is 4.86. The van der Waals surface area contributed by atoms with Crippen LogP contribution in [0.4, 0.5) is 0 Å². The monoisotopic (exact) mass is 316 g/mol. The van der Waals surface area contributed by atoms with Crippen LogP contribution in [0.25, 0.3) is 0 Å². The van der Waals surface area contributed by atoms with Crippen LogP contribution >= 0.6 is 0 Å². The lowest BCUT2D eigenvalue weighted by Gasteiger charge is -2.28. The van der Waals surface area contributed by atoms with Crippen LogP contribution < -0.4 is 0 Å². The molecule has 3 heteroatoms. The van der Waals surface area contributed by atoms with Crippen molar-refractivity contribution in [3.8, 4) is 0 Å². The molecule has 0 heterocycles. The summed E-state index contributed by atoms with van der Waals surface area (Å²) in [4.78, 5) is 23.4. The quantitative estimate of drug-likeness (QED) is 0.408. The van der Waals surface area contributed by atoms with E-state index >= 15 is 0 Å². The predicted octanol–water partition coefficient (Wildman–Crippen LogP) is 4.90. The number of ether oxygens (including phenoxy) is 1. The van der Waals surface area contributed by atoms with E-state index in [9.17, 15) is 9.59 Å². The zero-order chi connectivity index (χ0) is 16.7. The average molecular weight is 316 g/mol. The molecule has 0 unspecified atom stereocenters. The minimum atomic E-state index is -0.448. The molecule has 126 valence electrons. The normalized spacial score (nSPS) is 21.0. The number of esters is 1. The Morgan fingerprint density at radius 1 is 1.04 bits per heavy atom. The Labute approximate surface area is 139 Å². The maximum absolute atomic E-state index is 12.0. The summed E-state index contributed by atoms with van der Waals surface area (Å²) in [6, 6.07) is 7.83. The van der Waals surface area contributed by atoms with Crippen LogP contribution in [0.2, 0.25) is 0 Å². The molecule has 1 aromatic rings. The van der Waals surface area contributed by atoms with Gasteiger partial charge in [-0.25, -0.2) is 0 Å². The summed E-state index contributed by atoms with van der Waals surface area (Å²) in [5.41, 5.74) is 1.93. The van der Waals surface area contributed by atoms with E-state index in [1.54, 1.807) is 6.92 Å². The minimum Gasteiger partial charge on any atom is -0.466 e. The van der Waals surface area contributed by atoms with Crippen LogP contribution in [-0.2, 0) is 9.53 Å². The fourth-order valence-corrected chi connectivity index (χ4v) is 3.58. The van der Waals surface area contributed by atoms with Crippen molar-refractivity contribution in [2.45, 2.75) is 64.7 Å². The first-order valence-corrected chi connectivity index (χ1v) is 8.92. The van der Waals surface area contributed by atoms with E-state index in [0.29, 0.717) is 18.1 Å². The van der Waals surface area contributed by atoms with E-state index in [4.69, 9.17) is 4.74 Å². The molecule has 1 aliphatic rings. The van der Waals surface area contributed by atoms with Crippen molar-refractivity contribution in [1.82, 2.24) is 0 Å². The molecule has 0 spiro atoms. The zero-order valence-electron chi connectivity index (χ0n) is 14.3. The molecule has 0 saturated heterocycles. The summed E-state index contributed by atoms with van der Waals surface area (Å²) < 4.78 is 4.82. The molecule has 1 aliphatic carbocycles. The molecule has 0 aliphatic heterocycles. The Bertz CT molecular complexity index is 510. The number of rotatable bonds is 7. The summed E-state index contributed by atoms with van der Waals surface area (Å²) in [6.07, 6.45) is 7.61. The SMILES string of the molecule is CCC[C@H]1CC[C@H](c2ccc(C(=O)CC(=O)OCC)cc2)CC1. The molecule has 3 nitrogen and oxygen atoms in total. The molecule has 0 atom stereocenters. The van der Waals surface area contributed by atoms with Crippen molar-refractivity contribution in [2.24, 2.45) is 5.92 Å². The second-order valence-electron chi connectivity index (χ2n) is 6.53. The molecule has 0 radical (unpaired) electrons. The number of benzene rings is 1. The van der Waals surface area contributed by atoms with E-state index < -0.39 is 5.97 Å². The fourth-order valence-electron chi connectivity index (χ4n) is 3.58. The molecule has 0 N–H and O–H groups in total. The smallest absolute Gasteiger partial charge is 0.313 e. The van der Waals surface area contributed by atoms with E-state index in [2.05, 4.69) is 19.1 Å². The molecule has 0 aromatic heterocycles. The lowest BCUT2D eigenvalue weighted by atomic mass is 9.77. The Morgan fingerprint density at radius 2 is 1.70 bits per heavy atom. The molecule has 1 saturated carbocycles. The third kappa shape index (κ3) is 5.19. The number of hydrogen-bond donors (Lipinski definition) is 0. The highest BCUT2D eigenvalue weighted by molar-refractivity contribution is 6.05. The van der Waals surface area contributed by atoms with Gasteiger partial charge in [0.25, 0.3) is 0 Å². The summed E-state index contributed by atoms with van der Waals surface area (Å²) in [6.45, 7) is 4.32. The van der Waals surface area contributed by atoms with Gasteiger partial charge >= 0.3 is 5.97 Å². The van der Waals surface area contributed by atoms with Crippen LogP contribution in [0.1, 0.15) is 80.6 Å². The molecule has 0 bridgehead atoms. The Hall–Kier alpha value is -1.64. The number of carbonyl (C=O) groups excluding carboxylic acids is 2. The lowest BCUT2D eigenvalue weighted by molar-refractivity contribution is -0.141. The topological polar surface area (TPSA) is 43.4 Å². The van der Waals surface area contributed by atoms with Crippen molar-refractivity contribution < 1.29 is 14.3 Å². The van der Waals surface area contributed by atoms with Gasteiger partial charge in [0.15, 0.2) is 5.78 Å². The van der Waals surface area contributed by atoms with Gasteiger partial charge in [-0.1, -0.05) is 44.0 Å². The van der Waals surface area contributed by atoms with Gasteiger partial charge in [-0.15, -0.1) is 0 Å². The molecule has 1 aromatic carbocycles. The van der Waals surface area contributed by atoms with Gasteiger partial charge in [-0.05, 0) is 50.0 Å². The van der Waals surface area contributed by atoms with Gasteiger partial charge in [0.1, 0.15) is 6.42 Å². The van der Waals surface area contributed by atoms with E-state index in [-0.39, 0.29) is 12.2 Å². The number of ketones is 1. The number of Topliss-reactive ketones (excluding diaryl/α,β-unsaturated/α-hetero) is 1. The van der Waals surface area contributed by atoms with E-state index in [0.717, 1.165) is 5.92 Å². The number of carbonyl (C=O) groups is 2. The van der Waals surface area contributed by atoms with Crippen molar-refractivity contribution in [1.29, 1.82) is 0 Å². The van der Waals surface area contributed by atoms with Crippen molar-refractivity contribution in [3.63, 3.8) is 0 Å². The average Bonchev–Trinajstić information content (AvgIpc) is 2.56. The van der Waals surface area contributed by atoms with E-state index in [1.165, 1.54) is 44.1 Å². The molecule has 0 amide bonds. The van der Waals surface area contributed by atoms with Gasteiger partial charge < -0.3 is 4.74 Å². The standard InChI is InChI=1S/C20H28O3/c1-3-5-15-6-8-16(9-7-15)17-10-12-18(13-11-17)19(21)14-20(22)23-4-2/h10-13,15-16H,3-9,14H2,1-2H3/t15-,16-. The van der Waals surface area contributed by atoms with Gasteiger partial charge in [0.05, 0.1) is 6.61 Å². The largest absolute Gasteiger partial charge is 0.466 e. The summed E-state index contributed by atoms with van der Waals surface area (Å²) in [7, 11) is 0. The third-order valence-electron chi connectivity index (χ3n) is 4.86. The summed E-state index contributed by atoms with van der Waals surface area (Å²) in [5, 5.41) is 0. The molecule has 1 fully saturated rings. The van der Waals surface area contributed by atoms with Gasteiger partial charge in [-0.3, -0.25) is 9.59 Å². The Kier molecular flexibility index (Phi) is 6.82. The van der Waals surface area contributed by atoms with Gasteiger partial charge in [0, 0.05) is 5.56 Å². The van der Waals surface area contributed by atoms with Gasteiger partial charge in [0.2, 0.25) is 0 Å². The molecule has 23 heavy (non-hydrogen) atoms. The van der Waals surface area contributed by atoms with Gasteiger partial charge in [-0.2, -0.15) is 0 Å². The second-order valence-corrected chi connectivity index (χ2v) is 6.53. The second kappa shape index (κ2) is 8.85. The first-order chi connectivity index (χ1) is 11.1. The zero-order valence-corrected chi connectivity index (χ0v) is 14.3.